The number of aromatic nitrogens is 3. The van der Waals surface area contributed by atoms with Crippen molar-refractivity contribution < 1.29 is 13.2 Å². The summed E-state index contributed by atoms with van der Waals surface area (Å²) in [7, 11) is 0. The molecule has 0 unspecified atom stereocenters. The van der Waals surface area contributed by atoms with Crippen LogP contribution in [0.5, 0.6) is 0 Å². The van der Waals surface area contributed by atoms with Gasteiger partial charge in [-0.15, -0.1) is 0 Å². The van der Waals surface area contributed by atoms with E-state index in [1.54, 1.807) is 23.1 Å². The second-order valence-electron chi connectivity index (χ2n) is 3.29. The van der Waals surface area contributed by atoms with Crippen molar-refractivity contribution >= 4 is 5.82 Å². The average molecular weight is 242 g/mol. The summed E-state index contributed by atoms with van der Waals surface area (Å²) in [6.45, 7) is 0.768. The fraction of sp³-hybridized carbons (Fsp3) is 0.200. The predicted molar refractivity (Wildman–Crippen MR) is 54.8 cm³/mol. The maximum Gasteiger partial charge on any atom is 0.251 e. The predicted octanol–water partition coefficient (Wildman–Crippen LogP) is 1.81. The van der Waals surface area contributed by atoms with Gasteiger partial charge in [-0.25, -0.2) is 8.78 Å². The molecule has 0 atom stereocenters. The van der Waals surface area contributed by atoms with E-state index in [1.165, 1.54) is 0 Å². The van der Waals surface area contributed by atoms with E-state index in [2.05, 4.69) is 15.4 Å². The first-order valence-electron chi connectivity index (χ1n) is 4.89. The molecule has 0 aliphatic rings. The van der Waals surface area contributed by atoms with Crippen LogP contribution in [-0.2, 0) is 6.54 Å². The molecule has 90 valence electrons. The Balaban J connectivity index is 1.97. The van der Waals surface area contributed by atoms with Crippen LogP contribution in [0.1, 0.15) is 0 Å². The van der Waals surface area contributed by atoms with E-state index in [-0.39, 0.29) is 5.82 Å². The van der Waals surface area contributed by atoms with E-state index in [0.717, 1.165) is 0 Å². The second-order valence-corrected chi connectivity index (χ2v) is 3.29. The Morgan fingerprint density at radius 1 is 1.24 bits per heavy atom. The van der Waals surface area contributed by atoms with E-state index in [9.17, 15) is 13.2 Å². The summed E-state index contributed by atoms with van der Waals surface area (Å²) in [5.41, 5.74) is 0. The molecule has 7 heteroatoms. The Morgan fingerprint density at radius 3 is 2.76 bits per heavy atom. The maximum atomic E-state index is 13.1. The first-order chi connectivity index (χ1) is 8.16. The number of hydrogen-bond donors (Lipinski definition) is 1. The Kier molecular flexibility index (Phi) is 3.27. The summed E-state index contributed by atoms with van der Waals surface area (Å²) in [5.74, 6) is -3.87. The summed E-state index contributed by atoms with van der Waals surface area (Å²) < 4.78 is 40.1. The first kappa shape index (κ1) is 11.4. The third-order valence-corrected chi connectivity index (χ3v) is 2.08. The minimum atomic E-state index is -1.33. The van der Waals surface area contributed by atoms with Gasteiger partial charge < -0.3 is 5.32 Å². The number of rotatable bonds is 4. The van der Waals surface area contributed by atoms with Crippen LogP contribution < -0.4 is 5.32 Å². The summed E-state index contributed by atoms with van der Waals surface area (Å²) in [6, 6.07) is 2.20. The molecule has 2 heterocycles. The van der Waals surface area contributed by atoms with Crippen molar-refractivity contribution in [3.05, 3.63) is 42.1 Å². The molecule has 17 heavy (non-hydrogen) atoms. The van der Waals surface area contributed by atoms with Crippen LogP contribution in [0, 0.1) is 17.6 Å². The highest BCUT2D eigenvalue weighted by atomic mass is 19.2. The number of nitrogens with one attached hydrogen (secondary N) is 1. The van der Waals surface area contributed by atoms with Gasteiger partial charge in [0.25, 0.3) is 5.95 Å². The summed E-state index contributed by atoms with van der Waals surface area (Å²) >= 11 is 0. The lowest BCUT2D eigenvalue weighted by molar-refractivity contribution is 0.466. The summed E-state index contributed by atoms with van der Waals surface area (Å²) in [5, 5.41) is 6.50. The molecule has 2 rings (SSSR count). The topological polar surface area (TPSA) is 42.7 Å². The maximum absolute atomic E-state index is 13.1. The Bertz CT molecular complexity index is 499. The molecule has 0 saturated heterocycles. The Labute approximate surface area is 95.1 Å². The highest BCUT2D eigenvalue weighted by molar-refractivity contribution is 5.35. The number of pyridine rings is 1. The highest BCUT2D eigenvalue weighted by Crippen LogP contribution is 2.13. The van der Waals surface area contributed by atoms with Crippen LogP contribution >= 0.6 is 0 Å². The lowest BCUT2D eigenvalue weighted by Crippen LogP contribution is -2.13. The van der Waals surface area contributed by atoms with Crippen LogP contribution in [-0.4, -0.2) is 21.3 Å². The molecule has 0 amide bonds. The van der Waals surface area contributed by atoms with Crippen LogP contribution in [0.25, 0.3) is 0 Å². The molecule has 1 N–H and O–H groups in total. The quantitative estimate of drug-likeness (QED) is 0.831. The van der Waals surface area contributed by atoms with Gasteiger partial charge in [0.15, 0.2) is 17.5 Å². The minimum absolute atomic E-state index is 0.302. The van der Waals surface area contributed by atoms with Gasteiger partial charge in [-0.3, -0.25) is 4.68 Å². The van der Waals surface area contributed by atoms with Crippen molar-refractivity contribution in [2.75, 3.05) is 11.9 Å². The molecule has 0 radical (unpaired) electrons. The smallest absolute Gasteiger partial charge is 0.251 e. The van der Waals surface area contributed by atoms with E-state index in [0.29, 0.717) is 19.2 Å². The van der Waals surface area contributed by atoms with Crippen molar-refractivity contribution in [2.45, 2.75) is 6.54 Å². The van der Waals surface area contributed by atoms with Gasteiger partial charge in [0.05, 0.1) is 6.54 Å². The van der Waals surface area contributed by atoms with E-state index in [4.69, 9.17) is 0 Å². The standard InChI is InChI=1S/C10H9F3N4/c11-7-6-8(12)10(16-9(7)13)14-3-5-17-4-1-2-15-17/h1-2,4,6H,3,5H2,(H,14,16). The molecule has 0 bridgehead atoms. The molecular weight excluding hydrogens is 233 g/mol. The third kappa shape index (κ3) is 2.74. The molecule has 0 aliphatic carbocycles. The number of nitrogens with zero attached hydrogens (tertiary/aromatic N) is 3. The third-order valence-electron chi connectivity index (χ3n) is 2.08. The molecule has 0 aliphatic heterocycles. The van der Waals surface area contributed by atoms with Gasteiger partial charge in [0.2, 0.25) is 0 Å². The van der Waals surface area contributed by atoms with Gasteiger partial charge in [0, 0.05) is 25.0 Å². The van der Waals surface area contributed by atoms with Crippen LogP contribution in [0.15, 0.2) is 24.5 Å². The largest absolute Gasteiger partial charge is 0.366 e. The van der Waals surface area contributed by atoms with Crippen molar-refractivity contribution in [1.29, 1.82) is 0 Å². The Hall–Kier alpha value is -2.05. The van der Waals surface area contributed by atoms with Crippen molar-refractivity contribution in [2.24, 2.45) is 0 Å². The summed E-state index contributed by atoms with van der Waals surface area (Å²) in [4.78, 5) is 3.13. The first-order valence-corrected chi connectivity index (χ1v) is 4.89. The molecule has 0 spiro atoms. The van der Waals surface area contributed by atoms with Gasteiger partial charge in [-0.2, -0.15) is 14.5 Å². The molecule has 0 saturated carbocycles. The number of anilines is 1. The van der Waals surface area contributed by atoms with Crippen LogP contribution in [0.3, 0.4) is 0 Å². The Morgan fingerprint density at radius 2 is 2.06 bits per heavy atom. The zero-order valence-electron chi connectivity index (χ0n) is 8.70. The zero-order chi connectivity index (χ0) is 12.3. The molecule has 2 aromatic rings. The molecule has 4 nitrogen and oxygen atoms in total. The van der Waals surface area contributed by atoms with Gasteiger partial charge in [0.1, 0.15) is 0 Å². The normalized spacial score (nSPS) is 10.5. The fourth-order valence-corrected chi connectivity index (χ4v) is 1.29. The van der Waals surface area contributed by atoms with Crippen molar-refractivity contribution in [3.63, 3.8) is 0 Å². The molecular formula is C10H9F3N4. The van der Waals surface area contributed by atoms with Crippen LogP contribution in [0.2, 0.25) is 0 Å². The highest BCUT2D eigenvalue weighted by Gasteiger charge is 2.10. The average Bonchev–Trinajstić information content (AvgIpc) is 2.78. The lowest BCUT2D eigenvalue weighted by atomic mass is 10.4. The van der Waals surface area contributed by atoms with Gasteiger partial charge in [-0.05, 0) is 6.07 Å². The van der Waals surface area contributed by atoms with E-state index >= 15 is 0 Å². The monoisotopic (exact) mass is 242 g/mol. The minimum Gasteiger partial charge on any atom is -0.366 e. The van der Waals surface area contributed by atoms with E-state index < -0.39 is 17.6 Å². The van der Waals surface area contributed by atoms with E-state index in [1.807, 2.05) is 0 Å². The van der Waals surface area contributed by atoms with Gasteiger partial charge >= 0.3 is 0 Å². The molecule has 0 fully saturated rings. The van der Waals surface area contributed by atoms with Crippen molar-refractivity contribution in [3.8, 4) is 0 Å². The fourth-order valence-electron chi connectivity index (χ4n) is 1.29. The molecule has 2 aromatic heterocycles. The SMILES string of the molecule is Fc1cc(F)c(NCCn2cccn2)nc1F. The second kappa shape index (κ2) is 4.86. The summed E-state index contributed by atoms with van der Waals surface area (Å²) in [6.07, 6.45) is 3.34. The lowest BCUT2D eigenvalue weighted by Gasteiger charge is -2.07. The van der Waals surface area contributed by atoms with Crippen LogP contribution in [0.4, 0.5) is 19.0 Å². The number of halogens is 3. The zero-order valence-corrected chi connectivity index (χ0v) is 8.70. The molecule has 0 aromatic carbocycles. The van der Waals surface area contributed by atoms with Crippen molar-refractivity contribution in [1.82, 2.24) is 14.8 Å². The van der Waals surface area contributed by atoms with Gasteiger partial charge in [-0.1, -0.05) is 0 Å². The number of hydrogen-bond acceptors (Lipinski definition) is 3.